The molecule has 0 aliphatic rings. The molecule has 0 saturated carbocycles. The van der Waals surface area contributed by atoms with E-state index in [9.17, 15) is 0 Å². The Balaban J connectivity index is 1.11. The summed E-state index contributed by atoms with van der Waals surface area (Å²) in [5, 5.41) is 7.25. The van der Waals surface area contributed by atoms with Gasteiger partial charge in [0.15, 0.2) is 17.5 Å². The van der Waals surface area contributed by atoms with Crippen LogP contribution in [0.2, 0.25) is 0 Å². The Morgan fingerprint density at radius 1 is 0.294 bits per heavy atom. The monoisotopic (exact) mass is 667 g/mol. The Kier molecular flexibility index (Phi) is 7.00. The molecular formula is C47H29N3S. The first-order chi connectivity index (χ1) is 25.2. The van der Waals surface area contributed by atoms with Crippen molar-refractivity contribution in [1.29, 1.82) is 0 Å². The lowest BCUT2D eigenvalue weighted by Crippen LogP contribution is -2.00. The lowest BCUT2D eigenvalue weighted by molar-refractivity contribution is 1.08. The maximum atomic E-state index is 5.14. The standard InChI is InChI=1S/C47H29N3S/c1-2-11-31(12-3-1)39-18-9-15-35-26-34(22-24-40(35)39)33-14-8-16-36(28-33)45-48-46(37-21-20-30-10-4-5-13-32(30)27-37)50-47(49-45)38-23-25-44-42(29-38)41-17-6-7-19-43(41)51-44/h1-29H. The van der Waals surface area contributed by atoms with Crippen molar-refractivity contribution in [3.63, 3.8) is 0 Å². The zero-order valence-electron chi connectivity index (χ0n) is 27.5. The van der Waals surface area contributed by atoms with Crippen LogP contribution in [-0.2, 0) is 0 Å². The topological polar surface area (TPSA) is 38.7 Å². The zero-order valence-corrected chi connectivity index (χ0v) is 28.3. The second-order valence-corrected chi connectivity index (χ2v) is 13.9. The molecule has 10 aromatic rings. The third-order valence-corrected chi connectivity index (χ3v) is 10.8. The fraction of sp³-hybridized carbons (Fsp3) is 0. The number of rotatable bonds is 5. The van der Waals surface area contributed by atoms with Gasteiger partial charge >= 0.3 is 0 Å². The maximum absolute atomic E-state index is 5.14. The van der Waals surface area contributed by atoms with Crippen molar-refractivity contribution in [1.82, 2.24) is 15.0 Å². The Bertz CT molecular complexity index is 2930. The predicted octanol–water partition coefficient (Wildman–Crippen LogP) is 12.9. The van der Waals surface area contributed by atoms with Gasteiger partial charge in [-0.25, -0.2) is 15.0 Å². The van der Waals surface area contributed by atoms with Crippen molar-refractivity contribution >= 4 is 53.1 Å². The molecule has 2 aromatic heterocycles. The molecule has 51 heavy (non-hydrogen) atoms. The smallest absolute Gasteiger partial charge is 0.164 e. The molecule has 0 N–H and O–H groups in total. The predicted molar refractivity (Wildman–Crippen MR) is 215 cm³/mol. The number of aromatic nitrogens is 3. The van der Waals surface area contributed by atoms with Gasteiger partial charge in [0.25, 0.3) is 0 Å². The van der Waals surface area contributed by atoms with Gasteiger partial charge in [-0.15, -0.1) is 11.3 Å². The number of benzene rings is 8. The number of nitrogens with zero attached hydrogens (tertiary/aromatic N) is 3. The van der Waals surface area contributed by atoms with Gasteiger partial charge in [0, 0.05) is 36.9 Å². The Morgan fingerprint density at radius 2 is 0.863 bits per heavy atom. The van der Waals surface area contributed by atoms with Gasteiger partial charge in [0.2, 0.25) is 0 Å². The van der Waals surface area contributed by atoms with Crippen LogP contribution >= 0.6 is 11.3 Å². The van der Waals surface area contributed by atoms with Crippen LogP contribution in [0, 0.1) is 0 Å². The Hall–Kier alpha value is -6.49. The van der Waals surface area contributed by atoms with Gasteiger partial charge in [0.05, 0.1) is 0 Å². The zero-order chi connectivity index (χ0) is 33.7. The quantitative estimate of drug-likeness (QED) is 0.183. The maximum Gasteiger partial charge on any atom is 0.164 e. The van der Waals surface area contributed by atoms with Crippen LogP contribution in [0.15, 0.2) is 176 Å². The van der Waals surface area contributed by atoms with E-state index in [0.29, 0.717) is 17.5 Å². The normalized spacial score (nSPS) is 11.5. The molecule has 3 nitrogen and oxygen atoms in total. The van der Waals surface area contributed by atoms with E-state index in [0.717, 1.165) is 33.2 Å². The summed E-state index contributed by atoms with van der Waals surface area (Å²) in [5.74, 6) is 1.96. The SMILES string of the molecule is c1ccc(-c2cccc3cc(-c4cccc(-c5nc(-c6ccc7ccccc7c6)nc(-c6ccc7sc8ccccc8c7c6)n5)c4)ccc23)cc1. The van der Waals surface area contributed by atoms with Gasteiger partial charge < -0.3 is 0 Å². The second kappa shape index (κ2) is 12.1. The summed E-state index contributed by atoms with van der Waals surface area (Å²) >= 11 is 1.81. The third kappa shape index (κ3) is 5.34. The second-order valence-electron chi connectivity index (χ2n) is 12.9. The number of hydrogen-bond donors (Lipinski definition) is 0. The van der Waals surface area contributed by atoms with Crippen molar-refractivity contribution < 1.29 is 0 Å². The summed E-state index contributed by atoms with van der Waals surface area (Å²) in [6.07, 6.45) is 0. The molecule has 0 unspecified atom stereocenters. The molecule has 4 heteroatoms. The van der Waals surface area contributed by atoms with Crippen molar-refractivity contribution in [2.45, 2.75) is 0 Å². The average molecular weight is 668 g/mol. The Morgan fingerprint density at radius 3 is 1.73 bits per heavy atom. The highest BCUT2D eigenvalue weighted by atomic mass is 32.1. The van der Waals surface area contributed by atoms with Crippen LogP contribution in [0.1, 0.15) is 0 Å². The largest absolute Gasteiger partial charge is 0.208 e. The first kappa shape index (κ1) is 29.4. The fourth-order valence-corrected chi connectivity index (χ4v) is 8.21. The molecule has 8 aromatic carbocycles. The van der Waals surface area contributed by atoms with E-state index < -0.39 is 0 Å². The van der Waals surface area contributed by atoms with Crippen LogP contribution < -0.4 is 0 Å². The van der Waals surface area contributed by atoms with E-state index in [-0.39, 0.29) is 0 Å². The summed E-state index contributed by atoms with van der Waals surface area (Å²) in [5.41, 5.74) is 7.59. The minimum absolute atomic E-state index is 0.646. The molecule has 0 aliphatic heterocycles. The van der Waals surface area contributed by atoms with Crippen molar-refractivity contribution in [2.24, 2.45) is 0 Å². The van der Waals surface area contributed by atoms with Crippen molar-refractivity contribution in [3.05, 3.63) is 176 Å². The average Bonchev–Trinajstić information content (AvgIpc) is 3.58. The van der Waals surface area contributed by atoms with Crippen molar-refractivity contribution in [2.75, 3.05) is 0 Å². The first-order valence-electron chi connectivity index (χ1n) is 17.1. The van der Waals surface area contributed by atoms with E-state index in [1.165, 1.54) is 47.5 Å². The molecule has 0 radical (unpaired) electrons. The summed E-state index contributed by atoms with van der Waals surface area (Å²) in [6.45, 7) is 0. The minimum atomic E-state index is 0.646. The lowest BCUT2D eigenvalue weighted by Gasteiger charge is -2.11. The van der Waals surface area contributed by atoms with E-state index >= 15 is 0 Å². The molecule has 0 aliphatic carbocycles. The van der Waals surface area contributed by atoms with Gasteiger partial charge in [-0.2, -0.15) is 0 Å². The molecule has 0 amide bonds. The molecule has 0 spiro atoms. The van der Waals surface area contributed by atoms with Gasteiger partial charge in [0.1, 0.15) is 0 Å². The number of thiophene rings is 1. The van der Waals surface area contributed by atoms with Gasteiger partial charge in [-0.1, -0.05) is 133 Å². The van der Waals surface area contributed by atoms with Crippen LogP contribution in [0.5, 0.6) is 0 Å². The molecule has 2 heterocycles. The summed E-state index contributed by atoms with van der Waals surface area (Å²) in [7, 11) is 0. The summed E-state index contributed by atoms with van der Waals surface area (Å²) < 4.78 is 2.53. The van der Waals surface area contributed by atoms with E-state index in [1.54, 1.807) is 0 Å². The molecule has 0 atom stereocenters. The molecule has 0 fully saturated rings. The Labute approximate surface area is 299 Å². The highest BCUT2D eigenvalue weighted by molar-refractivity contribution is 7.25. The van der Waals surface area contributed by atoms with Gasteiger partial charge in [-0.05, 0) is 86.3 Å². The highest BCUT2D eigenvalue weighted by Gasteiger charge is 2.15. The fourth-order valence-electron chi connectivity index (χ4n) is 7.13. The van der Waals surface area contributed by atoms with Crippen LogP contribution in [-0.4, -0.2) is 15.0 Å². The number of fused-ring (bicyclic) bond motifs is 5. The van der Waals surface area contributed by atoms with Gasteiger partial charge in [-0.3, -0.25) is 0 Å². The van der Waals surface area contributed by atoms with E-state index in [4.69, 9.17) is 15.0 Å². The lowest BCUT2D eigenvalue weighted by atomic mass is 9.95. The highest BCUT2D eigenvalue weighted by Crippen LogP contribution is 2.37. The summed E-state index contributed by atoms with van der Waals surface area (Å²) in [4.78, 5) is 15.4. The minimum Gasteiger partial charge on any atom is -0.208 e. The van der Waals surface area contributed by atoms with Crippen molar-refractivity contribution in [3.8, 4) is 56.4 Å². The molecule has 0 saturated heterocycles. The third-order valence-electron chi connectivity index (χ3n) is 9.70. The van der Waals surface area contributed by atoms with Crippen LogP contribution in [0.3, 0.4) is 0 Å². The molecule has 0 bridgehead atoms. The molecule has 10 rings (SSSR count). The van der Waals surface area contributed by atoms with E-state index in [1.807, 2.05) is 11.3 Å². The molecular weight excluding hydrogens is 639 g/mol. The summed E-state index contributed by atoms with van der Waals surface area (Å²) in [6, 6.07) is 62.3. The number of hydrogen-bond acceptors (Lipinski definition) is 4. The van der Waals surface area contributed by atoms with Crippen LogP contribution in [0.4, 0.5) is 0 Å². The van der Waals surface area contributed by atoms with Crippen LogP contribution in [0.25, 0.3) is 98.1 Å². The first-order valence-corrected chi connectivity index (χ1v) is 17.9. The van der Waals surface area contributed by atoms with E-state index in [2.05, 4.69) is 176 Å². The molecule has 238 valence electrons.